The van der Waals surface area contributed by atoms with Crippen LogP contribution in [0.15, 0.2) is 17.0 Å². The van der Waals surface area contributed by atoms with Crippen molar-refractivity contribution < 1.29 is 12.8 Å². The van der Waals surface area contributed by atoms with E-state index in [0.29, 0.717) is 13.1 Å². The van der Waals surface area contributed by atoms with Crippen LogP contribution in [-0.2, 0) is 10.0 Å². The number of nitrogens with two attached hydrogens (primary N) is 1. The maximum atomic E-state index is 14.0. The normalized spacial score (nSPS) is 24.8. The summed E-state index contributed by atoms with van der Waals surface area (Å²) in [6.45, 7) is 4.60. The smallest absolute Gasteiger partial charge is 0.246 e. The van der Waals surface area contributed by atoms with Crippen molar-refractivity contribution in [3.8, 4) is 0 Å². The summed E-state index contributed by atoms with van der Waals surface area (Å²) in [5, 5.41) is 0.0392. The van der Waals surface area contributed by atoms with E-state index in [1.165, 1.54) is 10.4 Å². The Morgan fingerprint density at radius 3 is 2.45 bits per heavy atom. The number of nitrogen functional groups attached to an aromatic ring is 1. The lowest BCUT2D eigenvalue weighted by molar-refractivity contribution is 0.401. The first-order valence-electron chi connectivity index (χ1n) is 6.12. The van der Waals surface area contributed by atoms with E-state index < -0.39 is 20.7 Å². The molecule has 0 saturated carbocycles. The number of hydrogen-bond donors (Lipinski definition) is 1. The predicted octanol–water partition coefficient (Wildman–Crippen LogP) is 2.58. The minimum Gasteiger partial charge on any atom is -0.399 e. The van der Waals surface area contributed by atoms with Crippen molar-refractivity contribution in [1.29, 1.82) is 0 Å². The lowest BCUT2D eigenvalue weighted by Crippen LogP contribution is -2.44. The SMILES string of the molecule is CC1CN(S(=O)(=O)c2cc(N)cc(Cl)c2F)CC(C)S1. The molecule has 0 bridgehead atoms. The topological polar surface area (TPSA) is 63.4 Å². The first kappa shape index (κ1) is 15.9. The molecule has 1 saturated heterocycles. The Morgan fingerprint density at radius 1 is 1.35 bits per heavy atom. The van der Waals surface area contributed by atoms with Gasteiger partial charge in [0.25, 0.3) is 0 Å². The summed E-state index contributed by atoms with van der Waals surface area (Å²) in [6, 6.07) is 2.32. The molecule has 1 aliphatic rings. The average Bonchev–Trinajstić information content (AvgIpc) is 2.32. The van der Waals surface area contributed by atoms with Crippen LogP contribution in [0.1, 0.15) is 13.8 Å². The molecule has 0 aromatic heterocycles. The van der Waals surface area contributed by atoms with Crippen LogP contribution in [0, 0.1) is 5.82 Å². The van der Waals surface area contributed by atoms with Gasteiger partial charge in [-0.2, -0.15) is 16.1 Å². The standard InChI is InChI=1S/C12H16ClFN2O2S2/c1-7-5-16(6-8(2)19-7)20(17,18)11-4-9(15)3-10(13)12(11)14/h3-4,7-8H,5-6,15H2,1-2H3. The molecule has 0 spiro atoms. The van der Waals surface area contributed by atoms with Crippen LogP contribution in [0.3, 0.4) is 0 Å². The molecular formula is C12H16ClFN2O2S2. The molecule has 2 unspecified atom stereocenters. The molecule has 2 N–H and O–H groups in total. The molecule has 112 valence electrons. The third-order valence-corrected chi connectivity index (χ3v) is 6.35. The minimum absolute atomic E-state index is 0.127. The van der Waals surface area contributed by atoms with Gasteiger partial charge in [0, 0.05) is 29.3 Å². The molecule has 1 fully saturated rings. The van der Waals surface area contributed by atoms with Gasteiger partial charge in [0.05, 0.1) is 5.02 Å². The Hall–Kier alpha value is -0.500. The third kappa shape index (κ3) is 3.05. The maximum Gasteiger partial charge on any atom is 0.246 e. The predicted molar refractivity (Wildman–Crippen MR) is 81.1 cm³/mol. The van der Waals surface area contributed by atoms with Gasteiger partial charge in [-0.25, -0.2) is 12.8 Å². The molecule has 20 heavy (non-hydrogen) atoms. The van der Waals surface area contributed by atoms with Crippen LogP contribution in [0.4, 0.5) is 10.1 Å². The van der Waals surface area contributed by atoms with E-state index in [2.05, 4.69) is 0 Å². The van der Waals surface area contributed by atoms with Crippen molar-refractivity contribution in [2.45, 2.75) is 29.2 Å². The average molecular weight is 339 g/mol. The van der Waals surface area contributed by atoms with Crippen molar-refractivity contribution in [2.24, 2.45) is 0 Å². The Labute approximate surface area is 127 Å². The quantitative estimate of drug-likeness (QED) is 0.842. The summed E-state index contributed by atoms with van der Waals surface area (Å²) in [7, 11) is -3.92. The van der Waals surface area contributed by atoms with Gasteiger partial charge in [0.15, 0.2) is 5.82 Å². The molecule has 8 heteroatoms. The second kappa shape index (κ2) is 5.71. The fourth-order valence-electron chi connectivity index (χ4n) is 2.24. The van der Waals surface area contributed by atoms with E-state index in [1.54, 1.807) is 11.8 Å². The number of anilines is 1. The van der Waals surface area contributed by atoms with Crippen molar-refractivity contribution in [1.82, 2.24) is 4.31 Å². The third-order valence-electron chi connectivity index (χ3n) is 3.02. The molecule has 0 aliphatic carbocycles. The molecule has 1 aliphatic heterocycles. The highest BCUT2D eigenvalue weighted by Gasteiger charge is 2.34. The number of thioether (sulfide) groups is 1. The van der Waals surface area contributed by atoms with Crippen molar-refractivity contribution >= 4 is 39.1 Å². The highest BCUT2D eigenvalue weighted by Crippen LogP contribution is 2.32. The number of sulfonamides is 1. The fraction of sp³-hybridized carbons (Fsp3) is 0.500. The van der Waals surface area contributed by atoms with E-state index in [4.69, 9.17) is 17.3 Å². The zero-order chi connectivity index (χ0) is 15.1. The largest absolute Gasteiger partial charge is 0.399 e. The lowest BCUT2D eigenvalue weighted by atomic mass is 10.3. The minimum atomic E-state index is -3.92. The molecule has 2 atom stereocenters. The molecule has 1 heterocycles. The molecule has 0 radical (unpaired) electrons. The van der Waals surface area contributed by atoms with E-state index in [9.17, 15) is 12.8 Å². The van der Waals surface area contributed by atoms with Crippen molar-refractivity contribution in [2.75, 3.05) is 18.8 Å². The molecule has 1 aromatic carbocycles. The van der Waals surface area contributed by atoms with E-state index >= 15 is 0 Å². The Morgan fingerprint density at radius 2 is 1.90 bits per heavy atom. The van der Waals surface area contributed by atoms with Gasteiger partial charge in [-0.1, -0.05) is 25.4 Å². The zero-order valence-corrected chi connectivity index (χ0v) is 13.5. The molecule has 1 aromatic rings. The lowest BCUT2D eigenvalue weighted by Gasteiger charge is -2.33. The van der Waals surface area contributed by atoms with Gasteiger partial charge in [-0.15, -0.1) is 0 Å². The van der Waals surface area contributed by atoms with Gasteiger partial charge in [0.1, 0.15) is 4.90 Å². The molecule has 4 nitrogen and oxygen atoms in total. The summed E-state index contributed by atoms with van der Waals surface area (Å²) in [6.07, 6.45) is 0. The summed E-state index contributed by atoms with van der Waals surface area (Å²) < 4.78 is 40.5. The molecule has 2 rings (SSSR count). The van der Waals surface area contributed by atoms with Crippen LogP contribution in [0.2, 0.25) is 5.02 Å². The van der Waals surface area contributed by atoms with Gasteiger partial charge >= 0.3 is 0 Å². The second-order valence-corrected chi connectivity index (χ2v) is 9.09. The van der Waals surface area contributed by atoms with Crippen molar-refractivity contribution in [3.05, 3.63) is 23.0 Å². The first-order valence-corrected chi connectivity index (χ1v) is 8.88. The van der Waals surface area contributed by atoms with Crippen LogP contribution in [0.5, 0.6) is 0 Å². The summed E-state index contributed by atoms with van der Waals surface area (Å²) in [5.74, 6) is -0.945. The van der Waals surface area contributed by atoms with Crippen LogP contribution in [-0.4, -0.2) is 36.3 Å². The number of benzene rings is 1. The van der Waals surface area contributed by atoms with Gasteiger partial charge in [-0.05, 0) is 12.1 Å². The number of halogens is 2. The zero-order valence-electron chi connectivity index (χ0n) is 11.1. The fourth-order valence-corrected chi connectivity index (χ4v) is 5.77. The van der Waals surface area contributed by atoms with Crippen LogP contribution in [0.25, 0.3) is 0 Å². The van der Waals surface area contributed by atoms with Crippen LogP contribution >= 0.6 is 23.4 Å². The Kier molecular flexibility index (Phi) is 4.53. The van der Waals surface area contributed by atoms with Gasteiger partial charge < -0.3 is 5.73 Å². The number of hydrogen-bond acceptors (Lipinski definition) is 4. The summed E-state index contributed by atoms with van der Waals surface area (Å²) in [4.78, 5) is -0.450. The highest BCUT2D eigenvalue weighted by atomic mass is 35.5. The Balaban J connectivity index is 2.45. The Bertz CT molecular complexity index is 614. The summed E-state index contributed by atoms with van der Waals surface area (Å²) in [5.41, 5.74) is 5.70. The van der Waals surface area contributed by atoms with E-state index in [1.807, 2.05) is 13.8 Å². The second-order valence-electron chi connectivity index (χ2n) is 4.89. The van der Waals surface area contributed by atoms with E-state index in [-0.39, 0.29) is 21.2 Å². The van der Waals surface area contributed by atoms with E-state index in [0.717, 1.165) is 6.07 Å². The molecule has 0 amide bonds. The maximum absolute atomic E-state index is 14.0. The van der Waals surface area contributed by atoms with Crippen LogP contribution < -0.4 is 5.73 Å². The summed E-state index contributed by atoms with van der Waals surface area (Å²) >= 11 is 7.40. The number of rotatable bonds is 2. The monoisotopic (exact) mass is 338 g/mol. The van der Waals surface area contributed by atoms with Gasteiger partial charge in [0.2, 0.25) is 10.0 Å². The highest BCUT2D eigenvalue weighted by molar-refractivity contribution is 8.00. The molecular weight excluding hydrogens is 323 g/mol. The van der Waals surface area contributed by atoms with Gasteiger partial charge in [-0.3, -0.25) is 0 Å². The first-order chi connectivity index (χ1) is 9.21. The van der Waals surface area contributed by atoms with Crippen molar-refractivity contribution in [3.63, 3.8) is 0 Å². The number of nitrogens with zero attached hydrogens (tertiary/aromatic N) is 1.